The molecule has 3 nitrogen and oxygen atoms in total. The standard InChI is InChI=1S/C4H12N.C3H9N.C3H9OP.CH4/c1-5(2,3)4;1-4(2)3;1-5(2,3)4;/h1-4H3;1-3H3;1-3H3;1H4/q+1;;;. The van der Waals surface area contributed by atoms with Crippen molar-refractivity contribution in [2.45, 2.75) is 7.43 Å². The molecule has 0 atom stereocenters. The Morgan fingerprint density at radius 1 is 0.867 bits per heavy atom. The summed E-state index contributed by atoms with van der Waals surface area (Å²) in [6, 6.07) is 0. The van der Waals surface area contributed by atoms with E-state index in [0.29, 0.717) is 0 Å². The summed E-state index contributed by atoms with van der Waals surface area (Å²) >= 11 is 0. The number of hydrogen-bond acceptors (Lipinski definition) is 2. The molecule has 0 aliphatic carbocycles. The molecule has 0 rings (SSSR count). The van der Waals surface area contributed by atoms with E-state index < -0.39 is 7.14 Å². The highest BCUT2D eigenvalue weighted by molar-refractivity contribution is 7.61. The SMILES string of the molecule is C.CN(C)C.CP(C)(C)=O.C[N+](C)(C)C. The summed E-state index contributed by atoms with van der Waals surface area (Å²) < 4.78 is 11.2. The van der Waals surface area contributed by atoms with E-state index in [9.17, 15) is 4.57 Å². The van der Waals surface area contributed by atoms with Crippen molar-refractivity contribution in [2.24, 2.45) is 0 Å². The topological polar surface area (TPSA) is 20.3 Å². The maximum absolute atomic E-state index is 10.2. The van der Waals surface area contributed by atoms with Gasteiger partial charge in [0, 0.05) is 0 Å². The van der Waals surface area contributed by atoms with Crippen molar-refractivity contribution in [3.8, 4) is 0 Å². The first kappa shape index (κ1) is 24.4. The predicted octanol–water partition coefficient (Wildman–Crippen LogP) is 2.38. The van der Waals surface area contributed by atoms with Crippen LogP contribution >= 0.6 is 7.14 Å². The second-order valence-electron chi connectivity index (χ2n) is 5.91. The number of nitrogens with zero attached hydrogens (tertiary/aromatic N) is 2. The molecule has 98 valence electrons. The van der Waals surface area contributed by atoms with E-state index in [4.69, 9.17) is 0 Å². The lowest BCUT2D eigenvalue weighted by atomic mass is 10.8. The normalized spacial score (nSPS) is 10.3. The van der Waals surface area contributed by atoms with Gasteiger partial charge in [0.25, 0.3) is 0 Å². The number of quaternary nitrogens is 1. The average Bonchev–Trinajstić information content (AvgIpc) is 1.45. The molecule has 0 spiro atoms. The van der Waals surface area contributed by atoms with E-state index in [-0.39, 0.29) is 7.43 Å². The third-order valence-corrected chi connectivity index (χ3v) is 0. The lowest BCUT2D eigenvalue weighted by molar-refractivity contribution is -0.849. The Morgan fingerprint density at radius 2 is 0.867 bits per heavy atom. The summed E-state index contributed by atoms with van der Waals surface area (Å²) in [7, 11) is 12.9. The summed E-state index contributed by atoms with van der Waals surface area (Å²) in [6.45, 7) is 5.23. The molecule has 0 fully saturated rings. The molecule has 0 amide bonds. The Balaban J connectivity index is -0.0000000590. The van der Waals surface area contributed by atoms with Crippen LogP contribution in [0.1, 0.15) is 7.43 Å². The van der Waals surface area contributed by atoms with Crippen molar-refractivity contribution in [1.82, 2.24) is 4.90 Å². The van der Waals surface area contributed by atoms with Gasteiger partial charge in [-0.05, 0) is 41.1 Å². The van der Waals surface area contributed by atoms with Crippen LogP contribution in [0.2, 0.25) is 0 Å². The number of hydrogen-bond donors (Lipinski definition) is 0. The zero-order valence-electron chi connectivity index (χ0n) is 11.7. The van der Waals surface area contributed by atoms with Gasteiger partial charge in [0.05, 0.1) is 35.3 Å². The Labute approximate surface area is 98.4 Å². The van der Waals surface area contributed by atoms with Gasteiger partial charge in [-0.25, -0.2) is 0 Å². The summed E-state index contributed by atoms with van der Waals surface area (Å²) in [5.74, 6) is 0. The summed E-state index contributed by atoms with van der Waals surface area (Å²) in [6.07, 6.45) is 0. The third kappa shape index (κ3) is 92800. The summed E-state index contributed by atoms with van der Waals surface area (Å²) in [5, 5.41) is 0. The van der Waals surface area contributed by atoms with E-state index in [1.54, 1.807) is 20.0 Å². The maximum atomic E-state index is 10.2. The Hall–Kier alpha value is 0.150. The molecule has 0 aliphatic heterocycles. The molecule has 0 N–H and O–H groups in total. The first-order chi connectivity index (χ1) is 5.73. The van der Waals surface area contributed by atoms with Crippen molar-refractivity contribution in [3.05, 3.63) is 0 Å². The quantitative estimate of drug-likeness (QED) is 0.479. The van der Waals surface area contributed by atoms with Crippen molar-refractivity contribution in [1.29, 1.82) is 0 Å². The van der Waals surface area contributed by atoms with Crippen LogP contribution in [0.3, 0.4) is 0 Å². The molecule has 0 radical (unpaired) electrons. The second-order valence-corrected chi connectivity index (χ2v) is 9.69. The first-order valence-corrected chi connectivity index (χ1v) is 7.70. The monoisotopic (exact) mass is 241 g/mol. The molecule has 0 bridgehead atoms. The van der Waals surface area contributed by atoms with Gasteiger partial charge < -0.3 is 13.9 Å². The highest BCUT2D eigenvalue weighted by Gasteiger charge is 1.89. The van der Waals surface area contributed by atoms with E-state index in [1.165, 1.54) is 0 Å². The predicted molar refractivity (Wildman–Crippen MR) is 75.7 cm³/mol. The highest BCUT2D eigenvalue weighted by Crippen LogP contribution is 2.28. The van der Waals surface area contributed by atoms with Crippen LogP contribution < -0.4 is 0 Å². The fraction of sp³-hybridized carbons (Fsp3) is 1.00. The van der Waals surface area contributed by atoms with Gasteiger partial charge in [0.15, 0.2) is 0 Å². The van der Waals surface area contributed by atoms with Gasteiger partial charge in [0.1, 0.15) is 0 Å². The van der Waals surface area contributed by atoms with Crippen LogP contribution in [0.25, 0.3) is 0 Å². The molecule has 0 aromatic carbocycles. The maximum Gasteiger partial charge on any atom is 0.0790 e. The summed E-state index contributed by atoms with van der Waals surface area (Å²) in [4.78, 5) is 2.00. The minimum atomic E-state index is -1.64. The average molecular weight is 241 g/mol. The van der Waals surface area contributed by atoms with Gasteiger partial charge in [-0.1, -0.05) is 7.43 Å². The smallest absolute Gasteiger partial charge is 0.0790 e. The Bertz CT molecular complexity index is 139. The molecule has 0 aromatic heterocycles. The van der Waals surface area contributed by atoms with Crippen LogP contribution in [-0.2, 0) is 4.57 Å². The van der Waals surface area contributed by atoms with Crippen molar-refractivity contribution in [3.63, 3.8) is 0 Å². The largest absolute Gasteiger partial charge is 0.333 e. The summed E-state index contributed by atoms with van der Waals surface area (Å²) in [5.41, 5.74) is 0. The zero-order valence-corrected chi connectivity index (χ0v) is 12.6. The molecule has 0 aromatic rings. The minimum absolute atomic E-state index is 0. The van der Waals surface area contributed by atoms with E-state index in [2.05, 4.69) is 28.2 Å². The van der Waals surface area contributed by atoms with Crippen molar-refractivity contribution in [2.75, 3.05) is 69.3 Å². The molecule has 0 unspecified atom stereocenters. The molecule has 0 aliphatic rings. The van der Waals surface area contributed by atoms with Crippen LogP contribution in [-0.4, -0.2) is 78.7 Å². The molecule has 15 heavy (non-hydrogen) atoms. The molecule has 4 heteroatoms. The van der Waals surface area contributed by atoms with Crippen LogP contribution in [0.5, 0.6) is 0 Å². The van der Waals surface area contributed by atoms with E-state index in [0.717, 1.165) is 4.48 Å². The van der Waals surface area contributed by atoms with Crippen LogP contribution in [0.4, 0.5) is 0 Å². The molecule has 0 saturated heterocycles. The van der Waals surface area contributed by atoms with Crippen molar-refractivity contribution < 1.29 is 9.05 Å². The van der Waals surface area contributed by atoms with Gasteiger partial charge in [-0.2, -0.15) is 0 Å². The Kier molecular flexibility index (Phi) is 17.3. The van der Waals surface area contributed by atoms with Gasteiger partial charge in [-0.15, -0.1) is 0 Å². The van der Waals surface area contributed by atoms with Gasteiger partial charge >= 0.3 is 0 Å². The van der Waals surface area contributed by atoms with E-state index in [1.807, 2.05) is 26.0 Å². The fourth-order valence-electron chi connectivity index (χ4n) is 0. The molecular formula is C11H34N2OP+. The molecular weight excluding hydrogens is 207 g/mol. The van der Waals surface area contributed by atoms with Crippen LogP contribution in [0, 0.1) is 0 Å². The molecule has 0 heterocycles. The fourth-order valence-corrected chi connectivity index (χ4v) is 0. The third-order valence-electron chi connectivity index (χ3n) is 0. The second kappa shape index (κ2) is 10.7. The lowest BCUT2D eigenvalue weighted by Crippen LogP contribution is -2.27. The van der Waals surface area contributed by atoms with E-state index >= 15 is 0 Å². The van der Waals surface area contributed by atoms with Gasteiger partial charge in [-0.3, -0.25) is 0 Å². The minimum Gasteiger partial charge on any atom is -0.333 e. The zero-order chi connectivity index (χ0) is 12.6. The lowest BCUT2D eigenvalue weighted by Gasteiger charge is -2.14. The van der Waals surface area contributed by atoms with Crippen LogP contribution in [0.15, 0.2) is 0 Å². The number of rotatable bonds is 0. The Morgan fingerprint density at radius 3 is 0.867 bits per heavy atom. The van der Waals surface area contributed by atoms with Gasteiger partial charge in [0.2, 0.25) is 0 Å². The highest BCUT2D eigenvalue weighted by atomic mass is 31.2. The van der Waals surface area contributed by atoms with Crippen molar-refractivity contribution >= 4 is 7.14 Å². The molecule has 0 saturated carbocycles. The first-order valence-electron chi connectivity index (χ1n) is 4.65.